The molecule has 190 valence electrons. The van der Waals surface area contributed by atoms with Crippen LogP contribution in [0.1, 0.15) is 23.8 Å². The zero-order valence-electron chi connectivity index (χ0n) is 19.7. The number of alkyl halides is 1. The average molecular weight is 532 g/mol. The minimum Gasteiger partial charge on any atom is -0.497 e. The molecule has 3 aromatic rings. The molecule has 2 aliphatic heterocycles. The molecule has 11 heteroatoms. The van der Waals surface area contributed by atoms with Crippen LogP contribution >= 0.6 is 23.4 Å². The lowest BCUT2D eigenvalue weighted by Gasteiger charge is -2.36. The number of fused-ring (bicyclic) bond motifs is 2. The first-order valence-electron chi connectivity index (χ1n) is 11.7. The van der Waals surface area contributed by atoms with E-state index >= 15 is 4.39 Å². The van der Waals surface area contributed by atoms with Crippen molar-refractivity contribution < 1.29 is 19.0 Å². The highest BCUT2D eigenvalue weighted by molar-refractivity contribution is 8.00. The number of rotatable bonds is 7. The van der Waals surface area contributed by atoms with Crippen LogP contribution < -0.4 is 15.4 Å². The minimum atomic E-state index is -1.12. The van der Waals surface area contributed by atoms with E-state index in [0.717, 1.165) is 21.4 Å². The summed E-state index contributed by atoms with van der Waals surface area (Å²) < 4.78 is 20.4. The van der Waals surface area contributed by atoms with E-state index in [1.807, 2.05) is 23.1 Å². The van der Waals surface area contributed by atoms with Gasteiger partial charge in [-0.1, -0.05) is 11.6 Å². The highest BCUT2D eigenvalue weighted by atomic mass is 35.5. The number of ether oxygens (including phenoxy) is 1. The summed E-state index contributed by atoms with van der Waals surface area (Å²) in [6.45, 7) is 1.46. The summed E-state index contributed by atoms with van der Waals surface area (Å²) in [5.41, 5.74) is 2.09. The predicted molar refractivity (Wildman–Crippen MR) is 138 cm³/mol. The standard InChI is InChI=1S/C25H27ClFN5O3S/c1-35-14-2-3-19-16(8-14)15(4-6-28-19)22(33)12-32-7-5-20(18(27)11-32)29-10-21-17(26)9-23-25(30-21)31-24(34)13-36-23/h2-4,6,8-9,18,20,22,29,33H,5,7,10-13H2,1H3,(H,30,31,34)/t18-,20+,22-/m0/s1. The van der Waals surface area contributed by atoms with Gasteiger partial charge < -0.3 is 20.5 Å². The number of benzene rings is 1. The Labute approximate surface area is 217 Å². The van der Waals surface area contributed by atoms with Gasteiger partial charge in [-0.2, -0.15) is 0 Å². The van der Waals surface area contributed by atoms with Crippen molar-refractivity contribution in [2.45, 2.75) is 36.2 Å². The number of anilines is 1. The number of hydrogen-bond acceptors (Lipinski definition) is 8. The molecule has 0 spiro atoms. The molecule has 0 saturated carbocycles. The van der Waals surface area contributed by atoms with Gasteiger partial charge in [-0.15, -0.1) is 11.8 Å². The van der Waals surface area contributed by atoms with E-state index in [9.17, 15) is 9.90 Å². The maximum Gasteiger partial charge on any atom is 0.235 e. The smallest absolute Gasteiger partial charge is 0.235 e. The van der Waals surface area contributed by atoms with Crippen LogP contribution in [-0.2, 0) is 11.3 Å². The molecule has 0 aliphatic carbocycles. The third-order valence-electron chi connectivity index (χ3n) is 6.56. The number of piperidine rings is 1. The fraction of sp³-hybridized carbons (Fsp3) is 0.400. The van der Waals surface area contributed by atoms with E-state index < -0.39 is 12.3 Å². The number of carbonyl (C=O) groups excluding carboxylic acids is 1. The molecule has 2 aliphatic rings. The number of hydrogen-bond donors (Lipinski definition) is 3. The summed E-state index contributed by atoms with van der Waals surface area (Å²) in [5, 5.41) is 18.3. The lowest BCUT2D eigenvalue weighted by Crippen LogP contribution is -2.51. The number of amides is 1. The predicted octanol–water partition coefficient (Wildman–Crippen LogP) is 3.57. The van der Waals surface area contributed by atoms with Crippen LogP contribution in [0.2, 0.25) is 5.02 Å². The van der Waals surface area contributed by atoms with Gasteiger partial charge in [0, 0.05) is 37.3 Å². The Morgan fingerprint density at radius 1 is 1.39 bits per heavy atom. The Morgan fingerprint density at radius 3 is 3.06 bits per heavy atom. The summed E-state index contributed by atoms with van der Waals surface area (Å²) in [6.07, 6.45) is 0.345. The van der Waals surface area contributed by atoms with Crippen LogP contribution in [0.25, 0.3) is 10.9 Å². The van der Waals surface area contributed by atoms with E-state index in [4.69, 9.17) is 16.3 Å². The van der Waals surface area contributed by atoms with Gasteiger partial charge in [-0.3, -0.25) is 14.7 Å². The molecule has 1 saturated heterocycles. The van der Waals surface area contributed by atoms with E-state index in [2.05, 4.69) is 20.6 Å². The second-order valence-corrected chi connectivity index (χ2v) is 10.4. The molecule has 2 aromatic heterocycles. The van der Waals surface area contributed by atoms with Gasteiger partial charge in [-0.05, 0) is 48.9 Å². The van der Waals surface area contributed by atoms with Crippen molar-refractivity contribution in [1.29, 1.82) is 0 Å². The highest BCUT2D eigenvalue weighted by Crippen LogP contribution is 2.33. The number of pyridine rings is 2. The van der Waals surface area contributed by atoms with E-state index in [0.29, 0.717) is 54.1 Å². The first-order chi connectivity index (χ1) is 17.4. The molecule has 1 amide bonds. The fourth-order valence-corrected chi connectivity index (χ4v) is 5.72. The Hall–Kier alpha value is -2.50. The molecule has 8 nitrogen and oxygen atoms in total. The highest BCUT2D eigenvalue weighted by Gasteiger charge is 2.30. The number of aromatic nitrogens is 2. The van der Waals surface area contributed by atoms with Gasteiger partial charge in [0.05, 0.1) is 40.1 Å². The lowest BCUT2D eigenvalue weighted by atomic mass is 10.00. The van der Waals surface area contributed by atoms with Crippen LogP contribution in [0, 0.1) is 0 Å². The molecule has 3 N–H and O–H groups in total. The normalized spacial score (nSPS) is 21.2. The molecule has 4 heterocycles. The molecule has 36 heavy (non-hydrogen) atoms. The first kappa shape index (κ1) is 25.2. The fourth-order valence-electron chi connectivity index (χ4n) is 4.64. The van der Waals surface area contributed by atoms with Crippen molar-refractivity contribution in [1.82, 2.24) is 20.2 Å². The largest absolute Gasteiger partial charge is 0.497 e. The van der Waals surface area contributed by atoms with E-state index in [1.165, 1.54) is 11.8 Å². The molecular formula is C25H27ClFN5O3S. The Bertz CT molecular complexity index is 1280. The number of carbonyl (C=O) groups is 1. The van der Waals surface area contributed by atoms with Gasteiger partial charge in [0.1, 0.15) is 17.7 Å². The summed E-state index contributed by atoms with van der Waals surface area (Å²) >= 11 is 7.78. The monoisotopic (exact) mass is 531 g/mol. The number of β-amino-alcohol motifs (C(OH)–C–C–N with tert-alkyl or cyclic N) is 1. The van der Waals surface area contributed by atoms with Crippen LogP contribution in [0.3, 0.4) is 0 Å². The number of aliphatic hydroxyl groups excluding tert-OH is 1. The van der Waals surface area contributed by atoms with Gasteiger partial charge in [0.15, 0.2) is 0 Å². The number of nitrogens with one attached hydrogen (secondary N) is 2. The molecule has 3 atom stereocenters. The van der Waals surface area contributed by atoms with Crippen LogP contribution in [0.4, 0.5) is 10.2 Å². The van der Waals surface area contributed by atoms with Gasteiger partial charge in [-0.25, -0.2) is 9.37 Å². The number of nitrogens with zero attached hydrogens (tertiary/aromatic N) is 3. The number of methoxy groups -OCH3 is 1. The van der Waals surface area contributed by atoms with Crippen molar-refractivity contribution in [3.8, 4) is 5.75 Å². The summed E-state index contributed by atoms with van der Waals surface area (Å²) in [5.74, 6) is 1.43. The molecule has 0 bridgehead atoms. The maximum atomic E-state index is 15.1. The zero-order valence-corrected chi connectivity index (χ0v) is 21.3. The molecule has 1 fully saturated rings. The van der Waals surface area contributed by atoms with Crippen molar-refractivity contribution in [3.05, 3.63) is 52.8 Å². The van der Waals surface area contributed by atoms with Gasteiger partial charge in [0.2, 0.25) is 5.91 Å². The van der Waals surface area contributed by atoms with Gasteiger partial charge >= 0.3 is 0 Å². The third kappa shape index (κ3) is 5.42. The second kappa shape index (κ2) is 10.9. The van der Waals surface area contributed by atoms with Crippen molar-refractivity contribution in [3.63, 3.8) is 0 Å². The average Bonchev–Trinajstić information content (AvgIpc) is 2.87. The number of halogens is 2. The SMILES string of the molecule is COc1ccc2nccc([C@@H](O)CN3CC[C@@H](NCc4nc5c(cc4Cl)SCC(=O)N5)[C@@H](F)C3)c2c1. The molecule has 0 unspecified atom stereocenters. The summed E-state index contributed by atoms with van der Waals surface area (Å²) in [6, 6.07) is 8.78. The lowest BCUT2D eigenvalue weighted by molar-refractivity contribution is -0.113. The molecule has 0 radical (unpaired) electrons. The quantitative estimate of drug-likeness (QED) is 0.425. The Morgan fingerprint density at radius 2 is 2.25 bits per heavy atom. The Kier molecular flexibility index (Phi) is 7.59. The topological polar surface area (TPSA) is 99.6 Å². The molecular weight excluding hydrogens is 505 g/mol. The number of aliphatic hydroxyl groups is 1. The number of likely N-dealkylation sites (tertiary alicyclic amines) is 1. The van der Waals surface area contributed by atoms with Gasteiger partial charge in [0.25, 0.3) is 0 Å². The van der Waals surface area contributed by atoms with Crippen LogP contribution in [0.5, 0.6) is 5.75 Å². The first-order valence-corrected chi connectivity index (χ1v) is 13.1. The molecule has 1 aromatic carbocycles. The van der Waals surface area contributed by atoms with Crippen molar-refractivity contribution in [2.24, 2.45) is 0 Å². The summed E-state index contributed by atoms with van der Waals surface area (Å²) in [4.78, 5) is 23.3. The minimum absolute atomic E-state index is 0.0986. The van der Waals surface area contributed by atoms with Crippen molar-refractivity contribution >= 4 is 46.0 Å². The zero-order chi connectivity index (χ0) is 25.2. The van der Waals surface area contributed by atoms with Crippen LogP contribution in [-0.4, -0.2) is 70.6 Å². The van der Waals surface area contributed by atoms with Crippen LogP contribution in [0.15, 0.2) is 41.4 Å². The van der Waals surface area contributed by atoms with Crippen molar-refractivity contribution in [2.75, 3.05) is 37.8 Å². The maximum absolute atomic E-state index is 15.1. The summed E-state index contributed by atoms with van der Waals surface area (Å²) in [7, 11) is 1.60. The Balaban J connectivity index is 1.19. The van der Waals surface area contributed by atoms with E-state index in [1.54, 1.807) is 25.4 Å². The van der Waals surface area contributed by atoms with E-state index in [-0.39, 0.29) is 18.5 Å². The number of thioether (sulfide) groups is 1. The molecule has 5 rings (SSSR count). The third-order valence-corrected chi connectivity index (χ3v) is 7.92. The second-order valence-electron chi connectivity index (χ2n) is 8.95.